The minimum absolute atomic E-state index is 0.534. The zero-order chi connectivity index (χ0) is 8.81. The van der Waals surface area contributed by atoms with E-state index >= 15 is 0 Å². The van der Waals surface area contributed by atoms with Crippen molar-refractivity contribution in [3.8, 4) is 0 Å². The molecule has 66 valence electrons. The Morgan fingerprint density at radius 3 is 2.25 bits per heavy atom. The third kappa shape index (κ3) is 2.50. The maximum Gasteiger partial charge on any atom is 0.0602 e. The molecule has 4 heteroatoms. The molecule has 0 unspecified atom stereocenters. The highest BCUT2D eigenvalue weighted by Crippen LogP contribution is 2.08. The van der Waals surface area contributed by atoms with Crippen molar-refractivity contribution in [2.24, 2.45) is 0 Å². The van der Waals surface area contributed by atoms with E-state index < -0.39 is 0 Å². The van der Waals surface area contributed by atoms with Crippen LogP contribution in [0.2, 0.25) is 0 Å². The van der Waals surface area contributed by atoms with Crippen LogP contribution in [0.5, 0.6) is 0 Å². The number of hydrogen-bond donors (Lipinski definition) is 4. The first-order valence-electron chi connectivity index (χ1n) is 3.73. The molecule has 0 aliphatic carbocycles. The fraction of sp³-hybridized carbons (Fsp3) is 0.250. The van der Waals surface area contributed by atoms with E-state index in [4.69, 9.17) is 10.4 Å². The minimum Gasteiger partial charge on any atom is -0.317 e. The molecule has 1 aromatic carbocycles. The molecule has 4 N–H and O–H groups in total. The summed E-state index contributed by atoms with van der Waals surface area (Å²) in [4.78, 5) is 0. The van der Waals surface area contributed by atoms with Crippen LogP contribution in [0.3, 0.4) is 0 Å². The SMILES string of the molecule is ONCCc1ccc(NO)cc1. The number of rotatable bonds is 4. The van der Waals surface area contributed by atoms with Crippen LogP contribution >= 0.6 is 0 Å². The summed E-state index contributed by atoms with van der Waals surface area (Å²) < 4.78 is 0. The Morgan fingerprint density at radius 1 is 1.08 bits per heavy atom. The average Bonchev–Trinajstić information content (AvgIpc) is 2.15. The topological polar surface area (TPSA) is 64.5 Å². The molecular weight excluding hydrogens is 156 g/mol. The summed E-state index contributed by atoms with van der Waals surface area (Å²) in [6, 6.07) is 7.31. The van der Waals surface area contributed by atoms with Gasteiger partial charge in [0.25, 0.3) is 0 Å². The Balaban J connectivity index is 2.53. The fourth-order valence-electron chi connectivity index (χ4n) is 0.946. The van der Waals surface area contributed by atoms with Crippen molar-refractivity contribution in [2.75, 3.05) is 12.0 Å². The van der Waals surface area contributed by atoms with Crippen molar-refractivity contribution < 1.29 is 10.4 Å². The van der Waals surface area contributed by atoms with Gasteiger partial charge in [-0.2, -0.15) is 0 Å². The first-order valence-corrected chi connectivity index (χ1v) is 3.73. The van der Waals surface area contributed by atoms with Crippen molar-refractivity contribution >= 4 is 5.69 Å². The van der Waals surface area contributed by atoms with Crippen molar-refractivity contribution in [3.05, 3.63) is 29.8 Å². The lowest BCUT2D eigenvalue weighted by molar-refractivity contribution is 0.168. The average molecular weight is 168 g/mol. The van der Waals surface area contributed by atoms with Gasteiger partial charge in [-0.1, -0.05) is 12.1 Å². The molecule has 0 heterocycles. The van der Waals surface area contributed by atoms with Crippen LogP contribution in [0.15, 0.2) is 24.3 Å². The maximum atomic E-state index is 8.50. The van der Waals surface area contributed by atoms with E-state index in [0.717, 1.165) is 12.0 Å². The molecule has 0 fully saturated rings. The van der Waals surface area contributed by atoms with Gasteiger partial charge in [-0.25, -0.2) is 5.48 Å². The van der Waals surface area contributed by atoms with Gasteiger partial charge in [0.15, 0.2) is 0 Å². The molecule has 0 radical (unpaired) electrons. The van der Waals surface area contributed by atoms with E-state index in [-0.39, 0.29) is 0 Å². The lowest BCUT2D eigenvalue weighted by Crippen LogP contribution is -2.11. The van der Waals surface area contributed by atoms with Gasteiger partial charge in [0, 0.05) is 6.54 Å². The molecule has 1 rings (SSSR count). The zero-order valence-corrected chi connectivity index (χ0v) is 6.62. The van der Waals surface area contributed by atoms with E-state index in [1.165, 1.54) is 0 Å². The number of anilines is 1. The van der Waals surface area contributed by atoms with Crippen LogP contribution in [-0.2, 0) is 6.42 Å². The normalized spacial score (nSPS) is 9.83. The van der Waals surface area contributed by atoms with Gasteiger partial charge in [-0.15, -0.1) is 0 Å². The van der Waals surface area contributed by atoms with Gasteiger partial charge in [-0.3, -0.25) is 10.7 Å². The quantitative estimate of drug-likeness (QED) is 0.507. The molecule has 0 amide bonds. The largest absolute Gasteiger partial charge is 0.317 e. The molecule has 0 spiro atoms. The van der Waals surface area contributed by atoms with Gasteiger partial charge < -0.3 is 5.21 Å². The summed E-state index contributed by atoms with van der Waals surface area (Å²) in [5.74, 6) is 0. The molecular formula is C8H12N2O2. The second kappa shape index (κ2) is 4.71. The Morgan fingerprint density at radius 2 is 1.75 bits per heavy atom. The fourth-order valence-corrected chi connectivity index (χ4v) is 0.946. The number of hydroxylamine groups is 1. The monoisotopic (exact) mass is 168 g/mol. The van der Waals surface area contributed by atoms with Gasteiger partial charge in [0.05, 0.1) is 5.69 Å². The first-order chi connectivity index (χ1) is 5.86. The minimum atomic E-state index is 0.534. The lowest BCUT2D eigenvalue weighted by atomic mass is 10.1. The van der Waals surface area contributed by atoms with Crippen molar-refractivity contribution in [1.29, 1.82) is 0 Å². The molecule has 0 saturated carbocycles. The van der Waals surface area contributed by atoms with Crippen LogP contribution in [0.1, 0.15) is 5.56 Å². The lowest BCUT2D eigenvalue weighted by Gasteiger charge is -2.01. The molecule has 4 nitrogen and oxygen atoms in total. The Bertz CT molecular complexity index is 223. The summed E-state index contributed by atoms with van der Waals surface area (Å²) in [6.07, 6.45) is 0.766. The second-order valence-corrected chi connectivity index (χ2v) is 2.47. The third-order valence-electron chi connectivity index (χ3n) is 1.61. The van der Waals surface area contributed by atoms with Gasteiger partial charge in [0.2, 0.25) is 0 Å². The van der Waals surface area contributed by atoms with Crippen molar-refractivity contribution in [3.63, 3.8) is 0 Å². The molecule has 0 aromatic heterocycles. The highest BCUT2D eigenvalue weighted by atomic mass is 16.5. The predicted octanol–water partition coefficient (Wildman–Crippen LogP) is 1.01. The van der Waals surface area contributed by atoms with Gasteiger partial charge in [0.1, 0.15) is 0 Å². The van der Waals surface area contributed by atoms with E-state index in [1.807, 2.05) is 17.6 Å². The molecule has 0 aliphatic rings. The van der Waals surface area contributed by atoms with Crippen LogP contribution in [-0.4, -0.2) is 17.0 Å². The van der Waals surface area contributed by atoms with Gasteiger partial charge >= 0.3 is 0 Å². The van der Waals surface area contributed by atoms with Gasteiger partial charge in [-0.05, 0) is 24.1 Å². The van der Waals surface area contributed by atoms with Crippen molar-refractivity contribution in [2.45, 2.75) is 6.42 Å². The van der Waals surface area contributed by atoms with E-state index in [2.05, 4.69) is 5.48 Å². The number of nitrogens with one attached hydrogen (secondary N) is 2. The number of benzene rings is 1. The summed E-state index contributed by atoms with van der Waals surface area (Å²) in [7, 11) is 0. The van der Waals surface area contributed by atoms with Crippen molar-refractivity contribution in [1.82, 2.24) is 5.48 Å². The van der Waals surface area contributed by atoms with Crippen LogP contribution in [0.4, 0.5) is 5.69 Å². The predicted molar refractivity (Wildman–Crippen MR) is 45.3 cm³/mol. The highest BCUT2D eigenvalue weighted by molar-refractivity contribution is 5.42. The summed E-state index contributed by atoms with van der Waals surface area (Å²) >= 11 is 0. The summed E-state index contributed by atoms with van der Waals surface area (Å²) in [5, 5.41) is 16.8. The molecule has 12 heavy (non-hydrogen) atoms. The summed E-state index contributed by atoms with van der Waals surface area (Å²) in [5.41, 5.74) is 5.89. The molecule has 0 bridgehead atoms. The third-order valence-corrected chi connectivity index (χ3v) is 1.61. The highest BCUT2D eigenvalue weighted by Gasteiger charge is 1.92. The smallest absolute Gasteiger partial charge is 0.0602 e. The van der Waals surface area contributed by atoms with Crippen LogP contribution < -0.4 is 11.0 Å². The maximum absolute atomic E-state index is 8.50. The Hall–Kier alpha value is -1.10. The zero-order valence-electron chi connectivity index (χ0n) is 6.62. The Kier molecular flexibility index (Phi) is 3.53. The summed E-state index contributed by atoms with van der Waals surface area (Å²) in [6.45, 7) is 0.534. The molecule has 0 atom stereocenters. The standard InChI is InChI=1S/C8H12N2O2/c11-9-6-5-7-1-3-8(10-12)4-2-7/h1-4,9-12H,5-6H2. The molecule has 1 aromatic rings. The van der Waals surface area contributed by atoms with E-state index in [0.29, 0.717) is 12.2 Å². The molecule has 0 saturated heterocycles. The Labute approximate surface area is 70.8 Å². The van der Waals surface area contributed by atoms with E-state index in [9.17, 15) is 0 Å². The first kappa shape index (κ1) is 8.99. The van der Waals surface area contributed by atoms with Crippen LogP contribution in [0, 0.1) is 0 Å². The molecule has 0 aliphatic heterocycles. The van der Waals surface area contributed by atoms with E-state index in [1.54, 1.807) is 12.1 Å². The second-order valence-electron chi connectivity index (χ2n) is 2.47. The number of hydrogen-bond acceptors (Lipinski definition) is 4. The van der Waals surface area contributed by atoms with Crippen LogP contribution in [0.25, 0.3) is 0 Å².